The second-order valence-electron chi connectivity index (χ2n) is 4.07. The maximum Gasteiger partial charge on any atom is 0.265 e. The lowest BCUT2D eigenvalue weighted by Crippen LogP contribution is -2.13. The molecule has 112 valence electrons. The summed E-state index contributed by atoms with van der Waals surface area (Å²) in [4.78, 5) is -0.359. The first-order chi connectivity index (χ1) is 9.83. The minimum absolute atomic E-state index is 0.0728. The maximum atomic E-state index is 13.1. The van der Waals surface area contributed by atoms with E-state index in [2.05, 4.69) is 4.72 Å². The first-order valence-electron chi connectivity index (χ1n) is 5.68. The van der Waals surface area contributed by atoms with Crippen molar-refractivity contribution in [2.75, 3.05) is 11.8 Å². The van der Waals surface area contributed by atoms with E-state index in [0.717, 1.165) is 12.1 Å². The third kappa shape index (κ3) is 3.37. The summed E-state index contributed by atoms with van der Waals surface area (Å²) >= 11 is 5.59. The zero-order chi connectivity index (χ0) is 15.6. The van der Waals surface area contributed by atoms with Gasteiger partial charge in [-0.3, -0.25) is 4.72 Å². The Morgan fingerprint density at radius 1 is 1.24 bits per heavy atom. The van der Waals surface area contributed by atoms with E-state index < -0.39 is 21.6 Å². The van der Waals surface area contributed by atoms with Gasteiger partial charge in [-0.1, -0.05) is 11.6 Å². The van der Waals surface area contributed by atoms with Crippen LogP contribution in [0.4, 0.5) is 10.1 Å². The molecule has 0 radical (unpaired) electrons. The number of rotatable bonds is 4. The minimum atomic E-state index is -4.07. The van der Waals surface area contributed by atoms with E-state index in [9.17, 15) is 17.9 Å². The number of ether oxygens (including phenoxy) is 1. The van der Waals surface area contributed by atoms with Crippen LogP contribution >= 0.6 is 11.6 Å². The van der Waals surface area contributed by atoms with Crippen LogP contribution in [0.15, 0.2) is 41.3 Å². The SMILES string of the molecule is COc1ccc(O)c(S(=O)(=O)Nc2ccc(F)c(Cl)c2)c1. The van der Waals surface area contributed by atoms with Crippen LogP contribution in [0.3, 0.4) is 0 Å². The number of nitrogens with one attached hydrogen (secondary N) is 1. The molecule has 0 bridgehead atoms. The van der Waals surface area contributed by atoms with Crippen LogP contribution in [0.5, 0.6) is 11.5 Å². The van der Waals surface area contributed by atoms with Gasteiger partial charge in [0.1, 0.15) is 22.2 Å². The topological polar surface area (TPSA) is 75.6 Å². The molecule has 0 spiro atoms. The van der Waals surface area contributed by atoms with Gasteiger partial charge in [0.25, 0.3) is 10.0 Å². The zero-order valence-corrected chi connectivity index (χ0v) is 12.4. The molecule has 0 amide bonds. The molecule has 2 aromatic rings. The van der Waals surface area contributed by atoms with Crippen molar-refractivity contribution in [3.8, 4) is 11.5 Å². The fourth-order valence-electron chi connectivity index (χ4n) is 1.61. The van der Waals surface area contributed by atoms with Crippen LogP contribution in [-0.4, -0.2) is 20.6 Å². The number of anilines is 1. The first kappa shape index (κ1) is 15.4. The lowest BCUT2D eigenvalue weighted by molar-refractivity contribution is 0.408. The van der Waals surface area contributed by atoms with E-state index in [4.69, 9.17) is 16.3 Å². The summed E-state index contributed by atoms with van der Waals surface area (Å²) in [6, 6.07) is 7.17. The van der Waals surface area contributed by atoms with Crippen molar-refractivity contribution in [1.82, 2.24) is 0 Å². The summed E-state index contributed by atoms with van der Waals surface area (Å²) in [6.07, 6.45) is 0. The Hall–Kier alpha value is -1.99. The number of sulfonamides is 1. The van der Waals surface area contributed by atoms with Gasteiger partial charge in [0.05, 0.1) is 17.8 Å². The summed E-state index contributed by atoms with van der Waals surface area (Å²) < 4.78 is 44.6. The van der Waals surface area contributed by atoms with E-state index in [1.54, 1.807) is 0 Å². The third-order valence-electron chi connectivity index (χ3n) is 2.63. The number of aromatic hydroxyl groups is 1. The molecule has 0 unspecified atom stereocenters. The summed E-state index contributed by atoms with van der Waals surface area (Å²) in [5, 5.41) is 9.46. The Labute approximate surface area is 126 Å². The van der Waals surface area contributed by atoms with Crippen LogP contribution in [0.25, 0.3) is 0 Å². The highest BCUT2D eigenvalue weighted by Gasteiger charge is 2.20. The van der Waals surface area contributed by atoms with Gasteiger partial charge in [0.2, 0.25) is 0 Å². The Balaban J connectivity index is 2.40. The molecule has 0 atom stereocenters. The summed E-state index contributed by atoms with van der Waals surface area (Å²) in [7, 11) is -2.70. The molecule has 8 heteroatoms. The van der Waals surface area contributed by atoms with Crippen molar-refractivity contribution in [2.45, 2.75) is 4.90 Å². The summed E-state index contributed by atoms with van der Waals surface area (Å²) in [5.41, 5.74) is 0.0728. The molecule has 0 aliphatic rings. The Morgan fingerprint density at radius 2 is 1.95 bits per heavy atom. The van der Waals surface area contributed by atoms with Gasteiger partial charge >= 0.3 is 0 Å². The van der Waals surface area contributed by atoms with Gasteiger partial charge in [-0.15, -0.1) is 0 Å². The van der Waals surface area contributed by atoms with Gasteiger partial charge in [0.15, 0.2) is 0 Å². The number of hydrogen-bond donors (Lipinski definition) is 2. The van der Waals surface area contributed by atoms with E-state index in [1.807, 2.05) is 0 Å². The number of phenols is 1. The van der Waals surface area contributed by atoms with Crippen LogP contribution < -0.4 is 9.46 Å². The summed E-state index contributed by atoms with van der Waals surface area (Å²) in [6.45, 7) is 0. The maximum absolute atomic E-state index is 13.1. The third-order valence-corrected chi connectivity index (χ3v) is 4.33. The van der Waals surface area contributed by atoms with E-state index >= 15 is 0 Å². The zero-order valence-electron chi connectivity index (χ0n) is 10.8. The smallest absolute Gasteiger partial charge is 0.265 e. The van der Waals surface area contributed by atoms with Crippen molar-refractivity contribution in [2.24, 2.45) is 0 Å². The highest BCUT2D eigenvalue weighted by atomic mass is 35.5. The van der Waals surface area contributed by atoms with Crippen molar-refractivity contribution in [3.05, 3.63) is 47.2 Å². The van der Waals surface area contributed by atoms with Crippen molar-refractivity contribution >= 4 is 27.3 Å². The highest BCUT2D eigenvalue weighted by molar-refractivity contribution is 7.92. The van der Waals surface area contributed by atoms with Crippen molar-refractivity contribution in [3.63, 3.8) is 0 Å². The molecule has 0 saturated carbocycles. The second kappa shape index (κ2) is 5.79. The first-order valence-corrected chi connectivity index (χ1v) is 7.54. The second-order valence-corrected chi connectivity index (χ2v) is 6.13. The van der Waals surface area contributed by atoms with Crippen LogP contribution in [-0.2, 0) is 10.0 Å². The average molecular weight is 332 g/mol. The molecule has 0 saturated heterocycles. The molecule has 21 heavy (non-hydrogen) atoms. The van der Waals surface area contributed by atoms with Crippen LogP contribution in [0.2, 0.25) is 5.02 Å². The van der Waals surface area contributed by atoms with E-state index in [1.165, 1.54) is 31.4 Å². The van der Waals surface area contributed by atoms with Gasteiger partial charge in [-0.05, 0) is 30.3 Å². The Kier molecular flexibility index (Phi) is 4.24. The highest BCUT2D eigenvalue weighted by Crippen LogP contribution is 2.29. The molecule has 0 aliphatic heterocycles. The number of phenolic OH excluding ortho intramolecular Hbond substituents is 1. The molecule has 0 fully saturated rings. The number of benzene rings is 2. The molecule has 2 aromatic carbocycles. The number of methoxy groups -OCH3 is 1. The molecule has 2 N–H and O–H groups in total. The van der Waals surface area contributed by atoms with Crippen LogP contribution in [0.1, 0.15) is 0 Å². The van der Waals surface area contributed by atoms with Gasteiger partial charge in [-0.25, -0.2) is 12.8 Å². The van der Waals surface area contributed by atoms with E-state index in [0.29, 0.717) is 0 Å². The van der Waals surface area contributed by atoms with Gasteiger partial charge in [0, 0.05) is 6.07 Å². The van der Waals surface area contributed by atoms with Gasteiger partial charge in [-0.2, -0.15) is 0 Å². The normalized spacial score (nSPS) is 11.2. The van der Waals surface area contributed by atoms with Crippen LogP contribution in [0, 0.1) is 5.82 Å². The Bertz CT molecular complexity index is 780. The molecule has 0 heterocycles. The lowest BCUT2D eigenvalue weighted by atomic mass is 10.3. The largest absolute Gasteiger partial charge is 0.507 e. The minimum Gasteiger partial charge on any atom is -0.507 e. The van der Waals surface area contributed by atoms with E-state index in [-0.39, 0.29) is 21.4 Å². The van der Waals surface area contributed by atoms with Crippen molar-refractivity contribution in [1.29, 1.82) is 0 Å². The monoisotopic (exact) mass is 331 g/mol. The molecular weight excluding hydrogens is 321 g/mol. The fourth-order valence-corrected chi connectivity index (χ4v) is 2.95. The standard InChI is InChI=1S/C13H11ClFNO4S/c1-20-9-3-5-12(17)13(7-9)21(18,19)16-8-2-4-11(15)10(14)6-8/h2-7,16-17H,1H3. The number of hydrogen-bond acceptors (Lipinski definition) is 4. The fraction of sp³-hybridized carbons (Fsp3) is 0.0769. The average Bonchev–Trinajstić information content (AvgIpc) is 2.43. The number of halogens is 2. The quantitative estimate of drug-likeness (QED) is 0.903. The predicted octanol–water partition coefficient (Wildman–Crippen LogP) is 2.99. The van der Waals surface area contributed by atoms with Gasteiger partial charge < -0.3 is 9.84 Å². The lowest BCUT2D eigenvalue weighted by Gasteiger charge is -2.11. The molecule has 5 nitrogen and oxygen atoms in total. The molecule has 2 rings (SSSR count). The molecular formula is C13H11ClFNO4S. The van der Waals surface area contributed by atoms with Crippen molar-refractivity contribution < 1.29 is 22.7 Å². The molecule has 0 aromatic heterocycles. The predicted molar refractivity (Wildman–Crippen MR) is 76.9 cm³/mol. The summed E-state index contributed by atoms with van der Waals surface area (Å²) in [5.74, 6) is -0.828. The Morgan fingerprint density at radius 3 is 2.57 bits per heavy atom. The molecule has 0 aliphatic carbocycles.